The van der Waals surface area contributed by atoms with Gasteiger partial charge in [0.1, 0.15) is 17.6 Å². The Balaban J connectivity index is 1.47. The van der Waals surface area contributed by atoms with E-state index in [9.17, 15) is 9.59 Å². The molecule has 2 amide bonds. The number of aliphatic imine (C=N–C) groups is 1. The van der Waals surface area contributed by atoms with Gasteiger partial charge < -0.3 is 20.7 Å². The summed E-state index contributed by atoms with van der Waals surface area (Å²) in [5.74, 6) is 0.330. The Morgan fingerprint density at radius 2 is 1.95 bits per heavy atom. The topological polar surface area (TPSA) is 117 Å². The van der Waals surface area contributed by atoms with Crippen LogP contribution in [0.15, 0.2) is 65.7 Å². The van der Waals surface area contributed by atoms with E-state index in [1.165, 1.54) is 7.11 Å². The molecule has 0 aliphatic carbocycles. The van der Waals surface area contributed by atoms with Crippen molar-refractivity contribution in [3.05, 3.63) is 81.9 Å². The van der Waals surface area contributed by atoms with Gasteiger partial charge in [0.25, 0.3) is 11.8 Å². The van der Waals surface area contributed by atoms with Crippen LogP contribution in [-0.2, 0) is 11.2 Å². The quantitative estimate of drug-likeness (QED) is 0.409. The molecule has 2 aromatic rings. The molecule has 2 aromatic carbocycles. The van der Waals surface area contributed by atoms with Gasteiger partial charge in [-0.3, -0.25) is 20.0 Å². The molecular weight excluding hydrogens is 529 g/mol. The molecule has 0 saturated carbocycles. The monoisotopic (exact) mass is 556 g/mol. The van der Waals surface area contributed by atoms with Crippen molar-refractivity contribution in [3.63, 3.8) is 0 Å². The summed E-state index contributed by atoms with van der Waals surface area (Å²) in [7, 11) is 1.53. The van der Waals surface area contributed by atoms with Gasteiger partial charge in [-0.25, -0.2) is 9.89 Å². The van der Waals surface area contributed by atoms with Crippen molar-refractivity contribution in [3.8, 4) is 5.75 Å². The number of nitrogens with zero attached hydrogens (tertiary/aromatic N) is 3. The number of piperazine rings is 1. The Bertz CT molecular complexity index is 1330. The normalized spacial score (nSPS) is 20.5. The van der Waals surface area contributed by atoms with E-state index in [-0.39, 0.29) is 5.91 Å². The summed E-state index contributed by atoms with van der Waals surface area (Å²) in [6.07, 6.45) is 5.70. The van der Waals surface area contributed by atoms with Gasteiger partial charge in [-0.05, 0) is 35.9 Å². The Morgan fingerprint density at radius 3 is 2.63 bits per heavy atom. The second-order valence-electron chi connectivity index (χ2n) is 9.06. The second-order valence-corrected chi connectivity index (χ2v) is 9.87. The number of fused-ring (bicyclic) bond motifs is 1. The minimum absolute atomic E-state index is 0.0613. The summed E-state index contributed by atoms with van der Waals surface area (Å²) in [4.78, 5) is 32.7. The molecule has 3 heterocycles. The maximum Gasteiger partial charge on any atom is 0.254 e. The van der Waals surface area contributed by atoms with Crippen LogP contribution in [0.3, 0.4) is 0 Å². The van der Waals surface area contributed by atoms with E-state index in [2.05, 4.69) is 15.7 Å². The first-order chi connectivity index (χ1) is 18.4. The van der Waals surface area contributed by atoms with E-state index in [1.54, 1.807) is 53.8 Å². The molecular formula is C26H28Cl2N7O3+. The molecule has 2 unspecified atom stereocenters. The lowest BCUT2D eigenvalue weighted by Gasteiger charge is -2.35. The zero-order valence-corrected chi connectivity index (χ0v) is 22.2. The molecule has 1 fully saturated rings. The van der Waals surface area contributed by atoms with Crippen LogP contribution in [0.25, 0.3) is 0 Å². The average molecular weight is 557 g/mol. The van der Waals surface area contributed by atoms with Crippen LogP contribution in [0.1, 0.15) is 15.9 Å². The number of carbonyl (C=O) groups is 2. The fourth-order valence-electron chi connectivity index (χ4n) is 4.79. The number of rotatable bonds is 7. The number of anilines is 1. The van der Waals surface area contributed by atoms with Crippen molar-refractivity contribution in [2.75, 3.05) is 38.7 Å². The molecule has 0 aromatic heterocycles. The minimum atomic E-state index is -0.877. The lowest BCUT2D eigenvalue weighted by Crippen LogP contribution is -3.11. The third-order valence-electron chi connectivity index (χ3n) is 6.71. The Hall–Kier alpha value is -3.57. The van der Waals surface area contributed by atoms with Crippen molar-refractivity contribution in [2.24, 2.45) is 10.7 Å². The first kappa shape index (κ1) is 26.1. The molecule has 0 radical (unpaired) electrons. The summed E-state index contributed by atoms with van der Waals surface area (Å²) in [6, 6.07) is 9.66. The predicted molar refractivity (Wildman–Crippen MR) is 146 cm³/mol. The molecule has 3 aliphatic heterocycles. The summed E-state index contributed by atoms with van der Waals surface area (Å²) in [5, 5.41) is 5.94. The molecule has 1 saturated heterocycles. The van der Waals surface area contributed by atoms with Gasteiger partial charge in [0.15, 0.2) is 0 Å². The number of ether oxygens (including phenoxy) is 1. The number of allylic oxidation sites excluding steroid dienone is 1. The number of carbonyl (C=O) groups excluding carboxylic acids is 2. The number of benzene rings is 2. The molecule has 10 nitrogen and oxygen atoms in total. The molecule has 0 bridgehead atoms. The molecule has 3 aliphatic rings. The van der Waals surface area contributed by atoms with E-state index in [1.807, 2.05) is 11.1 Å². The zero-order chi connectivity index (χ0) is 26.8. The van der Waals surface area contributed by atoms with Crippen LogP contribution >= 0.6 is 23.2 Å². The first-order valence-corrected chi connectivity index (χ1v) is 12.9. The number of primary amides is 1. The van der Waals surface area contributed by atoms with Crippen molar-refractivity contribution >= 4 is 46.5 Å². The molecule has 38 heavy (non-hydrogen) atoms. The average Bonchev–Trinajstić information content (AvgIpc) is 3.40. The van der Waals surface area contributed by atoms with Crippen molar-refractivity contribution in [1.82, 2.24) is 15.2 Å². The Labute approximate surface area is 230 Å². The molecule has 0 spiro atoms. The van der Waals surface area contributed by atoms with Gasteiger partial charge in [0.05, 0.1) is 31.6 Å². The maximum absolute atomic E-state index is 13.0. The Morgan fingerprint density at radius 1 is 1.21 bits per heavy atom. The number of hydrogen-bond acceptors (Lipinski definition) is 7. The van der Waals surface area contributed by atoms with Crippen molar-refractivity contribution < 1.29 is 19.2 Å². The highest BCUT2D eigenvalue weighted by molar-refractivity contribution is 6.36. The summed E-state index contributed by atoms with van der Waals surface area (Å²) in [5.41, 5.74) is 11.8. The maximum atomic E-state index is 13.0. The van der Waals surface area contributed by atoms with Crippen LogP contribution in [0.5, 0.6) is 5.75 Å². The number of amides is 2. The largest absolute Gasteiger partial charge is 0.494 e. The van der Waals surface area contributed by atoms with Gasteiger partial charge >= 0.3 is 0 Å². The molecule has 12 heteroatoms. The summed E-state index contributed by atoms with van der Waals surface area (Å²) in [6.45, 7) is 2.82. The zero-order valence-electron chi connectivity index (χ0n) is 20.7. The molecule has 5 rings (SSSR count). The van der Waals surface area contributed by atoms with Crippen molar-refractivity contribution in [1.29, 1.82) is 0 Å². The third kappa shape index (κ3) is 5.08. The highest BCUT2D eigenvalue weighted by atomic mass is 35.5. The van der Waals surface area contributed by atoms with Crippen LogP contribution in [0.4, 0.5) is 5.69 Å². The smallest absolute Gasteiger partial charge is 0.254 e. The van der Waals surface area contributed by atoms with Crippen LogP contribution in [0, 0.1) is 0 Å². The number of hydrogen-bond donors (Lipinski definition) is 4. The fourth-order valence-corrected chi connectivity index (χ4v) is 5.32. The first-order valence-electron chi connectivity index (χ1n) is 12.1. The van der Waals surface area contributed by atoms with E-state index in [0.717, 1.165) is 29.2 Å². The van der Waals surface area contributed by atoms with Crippen LogP contribution in [0.2, 0.25) is 10.0 Å². The van der Waals surface area contributed by atoms with Crippen LogP contribution < -0.4 is 26.1 Å². The molecule has 2 atom stereocenters. The van der Waals surface area contributed by atoms with E-state index >= 15 is 0 Å². The third-order valence-corrected chi connectivity index (χ3v) is 7.42. The number of hydrazine groups is 1. The van der Waals surface area contributed by atoms with E-state index in [4.69, 9.17) is 33.7 Å². The van der Waals surface area contributed by atoms with E-state index in [0.29, 0.717) is 52.4 Å². The number of nitrogens with two attached hydrogens (primary N) is 1. The van der Waals surface area contributed by atoms with Crippen molar-refractivity contribution in [2.45, 2.75) is 12.5 Å². The van der Waals surface area contributed by atoms with E-state index < -0.39 is 11.9 Å². The Kier molecular flexibility index (Phi) is 7.57. The SMILES string of the molecule is COc1cc(C(=O)N2CCNCC2)ccc1NN1C=C(Cc2c(Cl)cccc2Cl)[NH+]2C=CN=C2C1C(N)=O. The van der Waals surface area contributed by atoms with Gasteiger partial charge in [0, 0.05) is 41.8 Å². The number of methoxy groups -OCH3 is 1. The summed E-state index contributed by atoms with van der Waals surface area (Å²) < 4.78 is 5.61. The van der Waals surface area contributed by atoms with Gasteiger partial charge in [-0.2, -0.15) is 0 Å². The number of nitrogens with one attached hydrogen (secondary N) is 3. The number of quaternary nitrogens is 1. The highest BCUT2D eigenvalue weighted by Gasteiger charge is 2.43. The standard InChI is InChI=1S/C26H27Cl2N7O3/c1-38-22-13-16(26(37)33-10-7-30-8-11-33)5-6-21(22)32-35-15-17(14-18-19(27)3-2-4-20(18)28)34-12-9-31-25(34)23(35)24(29)36/h2-6,9,12-13,15,23,30,32H,7-8,10-11,14H2,1H3,(H2,29,36)/p+1. The number of halogens is 2. The number of amidine groups is 1. The molecule has 5 N–H and O–H groups in total. The second kappa shape index (κ2) is 11.0. The predicted octanol–water partition coefficient (Wildman–Crippen LogP) is 1.40. The van der Waals surface area contributed by atoms with Crippen LogP contribution in [-0.4, -0.2) is 66.9 Å². The summed E-state index contributed by atoms with van der Waals surface area (Å²) >= 11 is 12.9. The lowest BCUT2D eigenvalue weighted by atomic mass is 10.1. The van der Waals surface area contributed by atoms with Gasteiger partial charge in [-0.15, -0.1) is 0 Å². The molecule has 198 valence electrons. The lowest BCUT2D eigenvalue weighted by molar-refractivity contribution is -0.704. The fraction of sp³-hybridized carbons (Fsp3) is 0.269. The van der Waals surface area contributed by atoms with Gasteiger partial charge in [0.2, 0.25) is 11.9 Å². The highest BCUT2D eigenvalue weighted by Crippen LogP contribution is 2.30. The van der Waals surface area contributed by atoms with Gasteiger partial charge in [-0.1, -0.05) is 29.3 Å². The minimum Gasteiger partial charge on any atom is -0.494 e.